The van der Waals surface area contributed by atoms with Crippen molar-refractivity contribution in [1.29, 1.82) is 0 Å². The van der Waals surface area contributed by atoms with E-state index in [-0.39, 0.29) is 146 Å². The minimum atomic E-state index is 0. The van der Waals surface area contributed by atoms with Gasteiger partial charge in [0.2, 0.25) is 0 Å². The minimum absolute atomic E-state index is 0. The van der Waals surface area contributed by atoms with Crippen LogP contribution >= 0.6 is 0 Å². The van der Waals surface area contributed by atoms with Gasteiger partial charge in [0.15, 0.2) is 0 Å². The van der Waals surface area contributed by atoms with E-state index in [4.69, 9.17) is 0 Å². The van der Waals surface area contributed by atoms with Gasteiger partial charge in [-0.1, -0.05) is 0 Å². The molecule has 0 rings (SSSR count). The van der Waals surface area contributed by atoms with Crippen LogP contribution in [0.2, 0.25) is 0 Å². The zero-order valence-corrected chi connectivity index (χ0v) is 13.1. The van der Waals surface area contributed by atoms with Crippen molar-refractivity contribution in [3.63, 3.8) is 0 Å². The standard InChI is InChI=1S/Cr.10FH.Fe.I.Mg.Mn/h;10*1H;;;;/q+3;;;;;;;;;;;+2;+1;2*+2/p-10. The van der Waals surface area contributed by atoms with Crippen molar-refractivity contribution in [2.75, 3.05) is 0 Å². The second-order valence-electron chi connectivity index (χ2n) is 0. The summed E-state index contributed by atoms with van der Waals surface area (Å²) in [5.74, 6) is 0. The number of hydrogen-bond donors (Lipinski definition) is 0. The van der Waals surface area contributed by atoms with Crippen LogP contribution < -0.4 is 71.0 Å². The molecule has 0 amide bonds. The van der Waals surface area contributed by atoms with E-state index in [1.54, 1.807) is 0 Å². The quantitative estimate of drug-likeness (QED) is 0.175. The average molecular weight is 504 g/mol. The monoisotopic (exact) mass is 504 g/mol. The molecule has 0 unspecified atom stereocenters. The van der Waals surface area contributed by atoms with E-state index in [0.717, 1.165) is 0 Å². The first-order valence-corrected chi connectivity index (χ1v) is 0. The van der Waals surface area contributed by atoms with Crippen molar-refractivity contribution >= 4 is 23.1 Å². The maximum Gasteiger partial charge on any atom is 3.00 e. The van der Waals surface area contributed by atoms with Crippen molar-refractivity contribution in [3.05, 3.63) is 0 Å². The number of halogens is 11. The van der Waals surface area contributed by atoms with Crippen molar-refractivity contribution in [2.45, 2.75) is 0 Å². The Labute approximate surface area is 144 Å². The van der Waals surface area contributed by atoms with E-state index < -0.39 is 0 Å². The maximum absolute atomic E-state index is 0. The number of rotatable bonds is 0. The zero-order valence-electron chi connectivity index (χ0n) is 6.00. The Morgan fingerprint density at radius 1 is 0.400 bits per heavy atom. The smallest absolute Gasteiger partial charge is 1.00 e. The Balaban J connectivity index is 0. The summed E-state index contributed by atoms with van der Waals surface area (Å²) in [6.45, 7) is 0. The summed E-state index contributed by atoms with van der Waals surface area (Å²) in [4.78, 5) is 0. The van der Waals surface area contributed by atoms with Crippen LogP contribution in [0.5, 0.6) is 0 Å². The average Bonchev–Trinajstić information content (AvgIpc) is 0. The molecule has 0 N–H and O–H groups in total. The predicted molar refractivity (Wildman–Crippen MR) is 5.75 cm³/mol. The molecule has 0 saturated heterocycles. The fourth-order valence-electron chi connectivity index (χ4n) is 0. The van der Waals surface area contributed by atoms with E-state index in [9.17, 15) is 0 Å². The molecule has 4 radical (unpaired) electrons. The van der Waals surface area contributed by atoms with Gasteiger partial charge >= 0.3 is 98.5 Å². The topological polar surface area (TPSA) is 0 Å². The third-order valence-electron chi connectivity index (χ3n) is 0. The molecule has 0 aliphatic carbocycles. The Hall–Kier alpha value is 2.37. The van der Waals surface area contributed by atoms with E-state index in [1.807, 2.05) is 0 Å². The van der Waals surface area contributed by atoms with Gasteiger partial charge in [0, 0.05) is 0 Å². The first-order chi connectivity index (χ1) is 0. The largest absolute Gasteiger partial charge is 3.00 e. The summed E-state index contributed by atoms with van der Waals surface area (Å²) in [5.41, 5.74) is 0. The molecule has 0 spiro atoms. The Kier molecular flexibility index (Phi) is 38200. The van der Waals surface area contributed by atoms with Gasteiger partial charge in [0.05, 0.1) is 0 Å². The molecule has 15 heavy (non-hydrogen) atoms. The molecule has 100 valence electrons. The third-order valence-corrected chi connectivity index (χ3v) is 0. The van der Waals surface area contributed by atoms with Crippen molar-refractivity contribution in [2.24, 2.45) is 0 Å². The second kappa shape index (κ2) is 690. The SMILES string of the molecule is [Cr+3].[F-].[F-].[F-].[F-].[F-].[F-].[F-].[F-].[F-].[F-].[Fe+2].[I+].[Mg+2].[Mn+2]. The normalized spacial score (nSPS) is 0. The molecule has 0 aliphatic rings. The van der Waals surface area contributed by atoms with E-state index >= 15 is 0 Å². The molecule has 0 aliphatic heterocycles. The van der Waals surface area contributed by atoms with E-state index in [2.05, 4.69) is 0 Å². The Bertz CT molecular complexity index is 25.4. The van der Waals surface area contributed by atoms with E-state index in [1.165, 1.54) is 0 Å². The predicted octanol–water partition coefficient (Wildman–Crippen LogP) is -33.3. The molecule has 0 heterocycles. The van der Waals surface area contributed by atoms with Gasteiger partial charge in [-0.25, -0.2) is 0 Å². The van der Waals surface area contributed by atoms with Gasteiger partial charge in [-0.2, -0.15) is 0 Å². The van der Waals surface area contributed by atoms with Crippen molar-refractivity contribution in [1.82, 2.24) is 0 Å². The second-order valence-corrected chi connectivity index (χ2v) is 0. The van der Waals surface area contributed by atoms with Crippen molar-refractivity contribution in [3.8, 4) is 0 Å². The fourth-order valence-corrected chi connectivity index (χ4v) is 0. The molecule has 0 aromatic carbocycles. The maximum atomic E-state index is 0. The summed E-state index contributed by atoms with van der Waals surface area (Å²) in [6.07, 6.45) is 0. The summed E-state index contributed by atoms with van der Waals surface area (Å²) < 4.78 is 0. The van der Waals surface area contributed by atoms with Crippen LogP contribution in [-0.4, -0.2) is 23.1 Å². The molecule has 0 nitrogen and oxygen atoms in total. The zero-order chi connectivity index (χ0) is 0. The van der Waals surface area contributed by atoms with Crippen molar-refractivity contribution < 1.29 is 123 Å². The fraction of sp³-hybridized carbons (Fsp3) is 0. The summed E-state index contributed by atoms with van der Waals surface area (Å²) in [5, 5.41) is 0. The first-order valence-electron chi connectivity index (χ1n) is 0. The first kappa shape index (κ1) is 830. The number of hydrogen-bond acceptors (Lipinski definition) is 0. The van der Waals surface area contributed by atoms with Crippen LogP contribution in [0.25, 0.3) is 0 Å². The van der Waals surface area contributed by atoms with Gasteiger partial charge < -0.3 is 47.0 Å². The van der Waals surface area contributed by atoms with Crippen LogP contribution in [-0.2, 0) is 51.5 Å². The molecule has 0 aromatic heterocycles. The van der Waals surface area contributed by atoms with Gasteiger partial charge in [-0.05, 0) is 0 Å². The summed E-state index contributed by atoms with van der Waals surface area (Å²) in [7, 11) is 0. The van der Waals surface area contributed by atoms with Crippen LogP contribution in [0.3, 0.4) is 0 Å². The van der Waals surface area contributed by atoms with Crippen LogP contribution in [0.15, 0.2) is 0 Å². The van der Waals surface area contributed by atoms with Crippen LogP contribution in [0.4, 0.5) is 0 Å². The van der Waals surface area contributed by atoms with Crippen LogP contribution in [0, 0.1) is 0 Å². The molecule has 0 atom stereocenters. The van der Waals surface area contributed by atoms with E-state index in [0.29, 0.717) is 0 Å². The summed E-state index contributed by atoms with van der Waals surface area (Å²) in [6, 6.07) is 0. The molecule has 0 aromatic rings. The Morgan fingerprint density at radius 2 is 0.400 bits per heavy atom. The minimum Gasteiger partial charge on any atom is -1.00 e. The van der Waals surface area contributed by atoms with Gasteiger partial charge in [-0.15, -0.1) is 0 Å². The van der Waals surface area contributed by atoms with Gasteiger partial charge in [0.25, 0.3) is 0 Å². The molecule has 0 bridgehead atoms. The molecular formula is CrF10FeIMgMn. The molecule has 15 heteroatoms. The van der Waals surface area contributed by atoms with Gasteiger partial charge in [-0.3, -0.25) is 0 Å². The van der Waals surface area contributed by atoms with Gasteiger partial charge in [0.1, 0.15) is 0 Å². The van der Waals surface area contributed by atoms with Crippen LogP contribution in [0.1, 0.15) is 0 Å². The third kappa shape index (κ3) is 603. The Morgan fingerprint density at radius 3 is 0.400 bits per heavy atom. The molecule has 0 fully saturated rings. The summed E-state index contributed by atoms with van der Waals surface area (Å²) >= 11 is 0. The molecule has 0 saturated carbocycles. The molecular weight excluding hydrogens is 504 g/mol.